The molecule has 13 nitrogen and oxygen atoms in total. The van der Waals surface area contributed by atoms with E-state index in [0.29, 0.717) is 12.8 Å². The first-order chi connectivity index (χ1) is 24.8. The highest BCUT2D eigenvalue weighted by atomic mass is 31.2. The Morgan fingerprint density at radius 1 is 0.673 bits per heavy atom. The summed E-state index contributed by atoms with van der Waals surface area (Å²) in [7, 11) is -5.13. The second kappa shape index (κ2) is 29.1. The Balaban J connectivity index is 2.69. The van der Waals surface area contributed by atoms with E-state index in [1.807, 2.05) is 0 Å². The van der Waals surface area contributed by atoms with Crippen LogP contribution in [0.25, 0.3) is 0 Å². The first-order valence-corrected chi connectivity index (χ1v) is 21.4. The Morgan fingerprint density at radius 3 is 1.69 bits per heavy atom. The smallest absolute Gasteiger partial charge is 0.393 e. The summed E-state index contributed by atoms with van der Waals surface area (Å²) in [5.41, 5.74) is 0. The van der Waals surface area contributed by atoms with Gasteiger partial charge in [0.05, 0.1) is 31.3 Å². The second-order valence-corrected chi connectivity index (χ2v) is 15.7. The van der Waals surface area contributed by atoms with Gasteiger partial charge >= 0.3 is 7.82 Å². The highest BCUT2D eigenvalue weighted by Gasteiger charge is 2.51. The Bertz CT molecular complexity index is 1000. The van der Waals surface area contributed by atoms with Gasteiger partial charge in [-0.2, -0.15) is 0 Å². The number of phosphoric acid groups is 1. The Hall–Kier alpha value is -1.22. The van der Waals surface area contributed by atoms with Crippen molar-refractivity contribution < 1.29 is 59.0 Å². The first kappa shape index (κ1) is 48.8. The van der Waals surface area contributed by atoms with Crippen molar-refractivity contribution in [1.82, 2.24) is 5.32 Å². The van der Waals surface area contributed by atoms with Gasteiger partial charge in [-0.05, 0) is 32.1 Å². The zero-order valence-corrected chi connectivity index (χ0v) is 32.6. The molecule has 1 fully saturated rings. The topological polar surface area (TPSA) is 226 Å². The van der Waals surface area contributed by atoms with E-state index in [4.69, 9.17) is 9.05 Å². The van der Waals surface area contributed by atoms with Crippen LogP contribution < -0.4 is 5.32 Å². The van der Waals surface area contributed by atoms with Crippen LogP contribution >= 0.6 is 7.82 Å². The van der Waals surface area contributed by atoms with Crippen molar-refractivity contribution >= 4 is 13.7 Å². The number of unbranched alkanes of at least 4 members (excludes halogenated alkanes) is 16. The van der Waals surface area contributed by atoms with Gasteiger partial charge in [-0.3, -0.25) is 13.8 Å². The third-order valence-corrected chi connectivity index (χ3v) is 10.5. The van der Waals surface area contributed by atoms with Crippen molar-refractivity contribution in [3.05, 3.63) is 24.3 Å². The zero-order valence-electron chi connectivity index (χ0n) is 31.7. The molecule has 1 amide bonds. The van der Waals surface area contributed by atoms with Crippen molar-refractivity contribution in [3.63, 3.8) is 0 Å². The van der Waals surface area contributed by atoms with Gasteiger partial charge in [0, 0.05) is 0 Å². The molecule has 0 aromatic heterocycles. The van der Waals surface area contributed by atoms with Gasteiger partial charge in [0.25, 0.3) is 0 Å². The van der Waals surface area contributed by atoms with Crippen LogP contribution in [0.1, 0.15) is 149 Å². The van der Waals surface area contributed by atoms with Crippen molar-refractivity contribution in [2.24, 2.45) is 0 Å². The van der Waals surface area contributed by atoms with Crippen molar-refractivity contribution in [3.8, 4) is 0 Å². The molecule has 1 aliphatic rings. The fraction of sp³-hybridized carbons (Fsp3) is 0.868. The van der Waals surface area contributed by atoms with Gasteiger partial charge in [-0.25, -0.2) is 4.57 Å². The zero-order chi connectivity index (χ0) is 38.8. The normalized spacial score (nSPS) is 25.3. The third-order valence-electron chi connectivity index (χ3n) is 9.54. The molecule has 14 heteroatoms. The molecule has 8 unspecified atom stereocenters. The lowest BCUT2D eigenvalue weighted by Gasteiger charge is -2.41. The minimum atomic E-state index is -5.13. The van der Waals surface area contributed by atoms with Crippen LogP contribution in [0.15, 0.2) is 24.3 Å². The molecule has 0 aromatic rings. The lowest BCUT2D eigenvalue weighted by atomic mass is 9.85. The second-order valence-electron chi connectivity index (χ2n) is 14.3. The fourth-order valence-corrected chi connectivity index (χ4v) is 7.16. The molecule has 0 bridgehead atoms. The number of aliphatic hydroxyl groups is 7. The molecular formula is C38H72NO12P. The Labute approximate surface area is 312 Å². The summed E-state index contributed by atoms with van der Waals surface area (Å²) in [5, 5.41) is 73.9. The molecular weight excluding hydrogens is 693 g/mol. The molecule has 0 saturated heterocycles. The van der Waals surface area contributed by atoms with E-state index in [-0.39, 0.29) is 6.42 Å². The van der Waals surface area contributed by atoms with Gasteiger partial charge < -0.3 is 46.0 Å². The van der Waals surface area contributed by atoms with Crippen LogP contribution in [0, 0.1) is 0 Å². The monoisotopic (exact) mass is 765 g/mol. The van der Waals surface area contributed by atoms with Gasteiger partial charge in [-0.15, -0.1) is 0 Å². The SMILES string of the molecule is CCCCCCCCCC/C=C/CC/C=C/C(O)C(COP(=O)(O)OC1C(O)C(O)C(O)C(O)C1O)NC(=O)CC(O)CCCCCCCCCC. The number of aliphatic hydroxyl groups excluding tert-OH is 7. The van der Waals surface area contributed by atoms with Crippen molar-refractivity contribution in [2.75, 3.05) is 6.61 Å². The molecule has 306 valence electrons. The lowest BCUT2D eigenvalue weighted by molar-refractivity contribution is -0.220. The number of hydrogen-bond donors (Lipinski definition) is 9. The number of nitrogens with one attached hydrogen (secondary N) is 1. The van der Waals surface area contributed by atoms with Gasteiger partial charge in [-0.1, -0.05) is 134 Å². The minimum absolute atomic E-state index is 0.251. The highest BCUT2D eigenvalue weighted by molar-refractivity contribution is 7.47. The maximum Gasteiger partial charge on any atom is 0.472 e. The summed E-state index contributed by atoms with van der Waals surface area (Å²) in [6.45, 7) is 3.64. The molecule has 8 atom stereocenters. The first-order valence-electron chi connectivity index (χ1n) is 19.9. The number of carbonyl (C=O) groups is 1. The quantitative estimate of drug-likeness (QED) is 0.0262. The molecule has 0 radical (unpaired) electrons. The third kappa shape index (κ3) is 21.6. The van der Waals surface area contributed by atoms with E-state index in [2.05, 4.69) is 31.3 Å². The van der Waals surface area contributed by atoms with Crippen LogP contribution in [0.2, 0.25) is 0 Å². The van der Waals surface area contributed by atoms with E-state index < -0.39 is 75.2 Å². The molecule has 0 spiro atoms. The molecule has 0 heterocycles. The summed E-state index contributed by atoms with van der Waals surface area (Å²) in [4.78, 5) is 23.2. The number of amides is 1. The summed E-state index contributed by atoms with van der Waals surface area (Å²) in [6, 6.07) is -1.25. The predicted octanol–water partition coefficient (Wildman–Crippen LogP) is 4.86. The minimum Gasteiger partial charge on any atom is -0.393 e. The standard InChI is InChI=1S/C38H72NO12P/c1-3-5-7-9-11-13-14-15-16-17-18-20-22-24-26-31(41)30(39-32(42)27-29(40)25-23-21-19-12-10-8-6-4-2)28-50-52(48,49)51-38-36(46)34(44)33(43)35(45)37(38)47/h17-18,24,26,29-31,33-38,40-41,43-47H,3-16,19-23,25,27-28H2,1-2H3,(H,39,42)(H,48,49)/b18-17+,26-24+. The fourth-order valence-electron chi connectivity index (χ4n) is 6.20. The van der Waals surface area contributed by atoms with E-state index in [1.54, 1.807) is 6.08 Å². The maximum absolute atomic E-state index is 12.9. The van der Waals surface area contributed by atoms with Gasteiger partial charge in [0.2, 0.25) is 5.91 Å². The summed E-state index contributed by atoms with van der Waals surface area (Å²) >= 11 is 0. The van der Waals surface area contributed by atoms with E-state index >= 15 is 0 Å². The van der Waals surface area contributed by atoms with E-state index in [9.17, 15) is 50.0 Å². The van der Waals surface area contributed by atoms with E-state index in [1.165, 1.54) is 76.7 Å². The van der Waals surface area contributed by atoms with Gasteiger partial charge in [0.15, 0.2) is 0 Å². The molecule has 1 aliphatic carbocycles. The number of hydrogen-bond acceptors (Lipinski definition) is 11. The van der Waals surface area contributed by atoms with Crippen LogP contribution in [0.3, 0.4) is 0 Å². The van der Waals surface area contributed by atoms with Gasteiger partial charge in [0.1, 0.15) is 36.6 Å². The highest BCUT2D eigenvalue weighted by Crippen LogP contribution is 2.47. The maximum atomic E-state index is 12.9. The molecule has 52 heavy (non-hydrogen) atoms. The average Bonchev–Trinajstić information content (AvgIpc) is 3.11. The molecule has 0 aliphatic heterocycles. The number of allylic oxidation sites excluding steroid dienone is 3. The van der Waals surface area contributed by atoms with Crippen molar-refractivity contribution in [1.29, 1.82) is 0 Å². The summed E-state index contributed by atoms with van der Waals surface area (Å²) in [5.74, 6) is -0.607. The van der Waals surface area contributed by atoms with Crippen molar-refractivity contribution in [2.45, 2.75) is 204 Å². The van der Waals surface area contributed by atoms with E-state index in [0.717, 1.165) is 44.9 Å². The summed E-state index contributed by atoms with van der Waals surface area (Å²) in [6.07, 6.45) is 14.5. The Morgan fingerprint density at radius 2 is 1.13 bits per heavy atom. The predicted molar refractivity (Wildman–Crippen MR) is 201 cm³/mol. The number of rotatable bonds is 31. The van der Waals surface area contributed by atoms with Crippen LogP contribution in [-0.2, 0) is 18.4 Å². The number of carbonyl (C=O) groups excluding carboxylic acids is 1. The lowest BCUT2D eigenvalue weighted by Crippen LogP contribution is -2.64. The molecule has 0 aromatic carbocycles. The molecule has 1 saturated carbocycles. The number of phosphoric ester groups is 1. The van der Waals surface area contributed by atoms with Crippen LogP contribution in [0.5, 0.6) is 0 Å². The molecule has 9 N–H and O–H groups in total. The Kier molecular flexibility index (Phi) is 27.3. The average molecular weight is 766 g/mol. The molecule has 1 rings (SSSR count). The van der Waals surface area contributed by atoms with Crippen LogP contribution in [0.4, 0.5) is 0 Å². The van der Waals surface area contributed by atoms with Crippen LogP contribution in [-0.4, -0.2) is 108 Å². The summed E-state index contributed by atoms with van der Waals surface area (Å²) < 4.78 is 22.7. The largest absolute Gasteiger partial charge is 0.472 e.